The van der Waals surface area contributed by atoms with Crippen LogP contribution in [0.25, 0.3) is 0 Å². The van der Waals surface area contributed by atoms with Gasteiger partial charge in [0.05, 0.1) is 12.6 Å². The Balaban J connectivity index is 2.71. The van der Waals surface area contributed by atoms with Gasteiger partial charge in [-0.05, 0) is 20.8 Å². The number of ketones is 1. The van der Waals surface area contributed by atoms with Crippen molar-refractivity contribution in [3.05, 3.63) is 0 Å². The van der Waals surface area contributed by atoms with Crippen molar-refractivity contribution in [2.45, 2.75) is 45.8 Å². The summed E-state index contributed by atoms with van der Waals surface area (Å²) < 4.78 is 5.60. The molecule has 2 atom stereocenters. The number of nitrogens with zero attached hydrogens (tertiary/aromatic N) is 1. The van der Waals surface area contributed by atoms with Crippen LogP contribution < -0.4 is 0 Å². The first-order valence-electron chi connectivity index (χ1n) is 5.35. The normalized spacial score (nSPS) is 30.7. The highest BCUT2D eigenvalue weighted by atomic mass is 16.5. The zero-order valence-electron chi connectivity index (χ0n) is 9.87. The molecule has 0 aliphatic carbocycles. The van der Waals surface area contributed by atoms with Gasteiger partial charge in [0.25, 0.3) is 0 Å². The van der Waals surface area contributed by atoms with Crippen LogP contribution in [0.5, 0.6) is 0 Å². The van der Waals surface area contributed by atoms with Gasteiger partial charge in [-0.15, -0.1) is 0 Å². The maximum Gasteiger partial charge on any atom is 0.219 e. The second-order valence-corrected chi connectivity index (χ2v) is 4.32. The molecular formula is C11H19NO3. The van der Waals surface area contributed by atoms with Crippen LogP contribution in [-0.2, 0) is 14.3 Å². The molecule has 0 aromatic carbocycles. The molecular weight excluding hydrogens is 194 g/mol. The fraction of sp³-hybridized carbons (Fsp3) is 0.818. The summed E-state index contributed by atoms with van der Waals surface area (Å²) in [6, 6.07) is 0. The zero-order valence-corrected chi connectivity index (χ0v) is 9.87. The van der Waals surface area contributed by atoms with Crippen LogP contribution in [0.15, 0.2) is 0 Å². The van der Waals surface area contributed by atoms with Crippen LogP contribution in [0, 0.1) is 0 Å². The van der Waals surface area contributed by atoms with Crippen molar-refractivity contribution in [3.8, 4) is 0 Å². The van der Waals surface area contributed by atoms with Gasteiger partial charge in [-0.2, -0.15) is 0 Å². The standard InChI is InChI=1S/C11H19NO3/c1-5-12(9(3)13)7-11(4)10(14)6-8(2)15-11/h8H,5-7H2,1-4H3/t8-,11-/m0/s1. The number of carbonyl (C=O) groups is 2. The highest BCUT2D eigenvalue weighted by Gasteiger charge is 2.43. The molecule has 0 aromatic heterocycles. The van der Waals surface area contributed by atoms with E-state index in [2.05, 4.69) is 0 Å². The lowest BCUT2D eigenvalue weighted by Gasteiger charge is -2.29. The molecule has 0 radical (unpaired) electrons. The number of likely N-dealkylation sites (N-methyl/N-ethyl adjacent to an activating group) is 1. The van der Waals surface area contributed by atoms with E-state index in [1.165, 1.54) is 6.92 Å². The summed E-state index contributed by atoms with van der Waals surface area (Å²) in [6.07, 6.45) is 0.416. The summed E-state index contributed by atoms with van der Waals surface area (Å²) in [5.41, 5.74) is -0.804. The lowest BCUT2D eigenvalue weighted by Crippen LogP contribution is -2.47. The van der Waals surface area contributed by atoms with Crippen LogP contribution in [0.3, 0.4) is 0 Å². The van der Waals surface area contributed by atoms with E-state index in [0.29, 0.717) is 19.5 Å². The van der Waals surface area contributed by atoms with Crippen molar-refractivity contribution in [3.63, 3.8) is 0 Å². The van der Waals surface area contributed by atoms with Crippen molar-refractivity contribution in [2.75, 3.05) is 13.1 Å². The van der Waals surface area contributed by atoms with E-state index in [0.717, 1.165) is 0 Å². The summed E-state index contributed by atoms with van der Waals surface area (Å²) in [6.45, 7) is 8.03. The van der Waals surface area contributed by atoms with E-state index < -0.39 is 5.60 Å². The highest BCUT2D eigenvalue weighted by Crippen LogP contribution is 2.27. The second-order valence-electron chi connectivity index (χ2n) is 4.32. The Labute approximate surface area is 90.6 Å². The zero-order chi connectivity index (χ0) is 11.6. The molecule has 0 bridgehead atoms. The Kier molecular flexibility index (Phi) is 3.50. The van der Waals surface area contributed by atoms with E-state index in [1.807, 2.05) is 13.8 Å². The first-order chi connectivity index (χ1) is 6.89. The number of hydrogen-bond donors (Lipinski definition) is 0. The molecule has 4 heteroatoms. The molecule has 0 unspecified atom stereocenters. The quantitative estimate of drug-likeness (QED) is 0.702. The predicted octanol–water partition coefficient (Wildman–Crippen LogP) is 0.991. The Hall–Kier alpha value is -0.900. The Morgan fingerprint density at radius 1 is 1.67 bits per heavy atom. The molecule has 0 spiro atoms. The molecule has 0 N–H and O–H groups in total. The van der Waals surface area contributed by atoms with Gasteiger partial charge in [0.2, 0.25) is 5.91 Å². The van der Waals surface area contributed by atoms with Crippen LogP contribution >= 0.6 is 0 Å². The lowest BCUT2D eigenvalue weighted by atomic mass is 10.00. The maximum atomic E-state index is 11.7. The molecule has 1 aliphatic heterocycles. The van der Waals surface area contributed by atoms with E-state index in [1.54, 1.807) is 11.8 Å². The molecule has 0 saturated carbocycles. The Morgan fingerprint density at radius 2 is 2.27 bits per heavy atom. The van der Waals surface area contributed by atoms with Crippen LogP contribution in [0.4, 0.5) is 0 Å². The molecule has 86 valence electrons. The molecule has 4 nitrogen and oxygen atoms in total. The molecule has 1 rings (SSSR count). The number of amides is 1. The Bertz CT molecular complexity index is 277. The summed E-state index contributed by atoms with van der Waals surface area (Å²) in [5, 5.41) is 0. The van der Waals surface area contributed by atoms with Crippen LogP contribution in [-0.4, -0.2) is 41.4 Å². The molecule has 1 aliphatic rings. The summed E-state index contributed by atoms with van der Waals surface area (Å²) in [7, 11) is 0. The average Bonchev–Trinajstić information content (AvgIpc) is 2.36. The van der Waals surface area contributed by atoms with E-state index in [-0.39, 0.29) is 17.8 Å². The highest BCUT2D eigenvalue weighted by molar-refractivity contribution is 5.90. The first-order valence-corrected chi connectivity index (χ1v) is 5.35. The van der Waals surface area contributed by atoms with E-state index in [9.17, 15) is 9.59 Å². The molecule has 15 heavy (non-hydrogen) atoms. The third-order valence-corrected chi connectivity index (χ3v) is 2.84. The van der Waals surface area contributed by atoms with Crippen molar-refractivity contribution >= 4 is 11.7 Å². The third kappa shape index (κ3) is 2.56. The fourth-order valence-corrected chi connectivity index (χ4v) is 1.96. The van der Waals surface area contributed by atoms with Gasteiger partial charge in [0, 0.05) is 19.9 Å². The van der Waals surface area contributed by atoms with Gasteiger partial charge in [0.1, 0.15) is 5.60 Å². The summed E-state index contributed by atoms with van der Waals surface area (Å²) >= 11 is 0. The van der Waals surface area contributed by atoms with Crippen molar-refractivity contribution in [2.24, 2.45) is 0 Å². The summed E-state index contributed by atoms with van der Waals surface area (Å²) in [4.78, 5) is 24.6. The van der Waals surface area contributed by atoms with Crippen LogP contribution in [0.2, 0.25) is 0 Å². The van der Waals surface area contributed by atoms with E-state index >= 15 is 0 Å². The molecule has 1 heterocycles. The fourth-order valence-electron chi connectivity index (χ4n) is 1.96. The predicted molar refractivity (Wildman–Crippen MR) is 56.5 cm³/mol. The first kappa shape index (κ1) is 12.2. The monoisotopic (exact) mass is 213 g/mol. The molecule has 0 aromatic rings. The van der Waals surface area contributed by atoms with Gasteiger partial charge in [-0.1, -0.05) is 0 Å². The largest absolute Gasteiger partial charge is 0.362 e. The Morgan fingerprint density at radius 3 is 2.60 bits per heavy atom. The van der Waals surface area contributed by atoms with Crippen molar-refractivity contribution in [1.29, 1.82) is 0 Å². The van der Waals surface area contributed by atoms with Gasteiger partial charge < -0.3 is 9.64 Å². The van der Waals surface area contributed by atoms with Crippen molar-refractivity contribution < 1.29 is 14.3 Å². The minimum atomic E-state index is -0.804. The maximum absolute atomic E-state index is 11.7. The number of hydrogen-bond acceptors (Lipinski definition) is 3. The second kappa shape index (κ2) is 4.31. The van der Waals surface area contributed by atoms with Gasteiger partial charge in [0.15, 0.2) is 5.78 Å². The third-order valence-electron chi connectivity index (χ3n) is 2.84. The van der Waals surface area contributed by atoms with Gasteiger partial charge in [-0.3, -0.25) is 9.59 Å². The number of rotatable bonds is 3. The molecule has 1 saturated heterocycles. The minimum absolute atomic E-state index is 0.0188. The molecule has 1 fully saturated rings. The van der Waals surface area contributed by atoms with Gasteiger partial charge in [-0.25, -0.2) is 0 Å². The topological polar surface area (TPSA) is 46.6 Å². The van der Waals surface area contributed by atoms with Gasteiger partial charge >= 0.3 is 0 Å². The minimum Gasteiger partial charge on any atom is -0.362 e. The van der Waals surface area contributed by atoms with Crippen LogP contribution in [0.1, 0.15) is 34.1 Å². The smallest absolute Gasteiger partial charge is 0.219 e. The molecule has 1 amide bonds. The number of Topliss-reactive ketones (excluding diaryl/α,β-unsaturated/α-hetero) is 1. The van der Waals surface area contributed by atoms with E-state index in [4.69, 9.17) is 4.74 Å². The average molecular weight is 213 g/mol. The lowest BCUT2D eigenvalue weighted by molar-refractivity contribution is -0.140. The van der Waals surface area contributed by atoms with Crippen molar-refractivity contribution in [1.82, 2.24) is 4.90 Å². The SMILES string of the molecule is CCN(C[C@]1(C)O[C@@H](C)CC1=O)C(C)=O. The number of ether oxygens (including phenoxy) is 1. The summed E-state index contributed by atoms with van der Waals surface area (Å²) in [5.74, 6) is 0.0735. The number of carbonyl (C=O) groups excluding carboxylic acids is 2.